The van der Waals surface area contributed by atoms with Crippen molar-refractivity contribution in [2.24, 2.45) is 0 Å². The molecule has 2 heterocycles. The van der Waals surface area contributed by atoms with E-state index in [1.807, 2.05) is 37.7 Å². The summed E-state index contributed by atoms with van der Waals surface area (Å²) >= 11 is 0. The van der Waals surface area contributed by atoms with Crippen molar-refractivity contribution in [3.8, 4) is 0 Å². The van der Waals surface area contributed by atoms with Gasteiger partial charge in [0.25, 0.3) is 7.41 Å². The summed E-state index contributed by atoms with van der Waals surface area (Å²) in [5.41, 5.74) is 1.18. The van der Waals surface area contributed by atoms with Crippen molar-refractivity contribution in [2.45, 2.75) is 6.92 Å². The molecule has 0 atom stereocenters. The average molecular weight is 169 g/mol. The van der Waals surface area contributed by atoms with Gasteiger partial charge < -0.3 is 4.81 Å². The van der Waals surface area contributed by atoms with Gasteiger partial charge in [-0.15, -0.1) is 0 Å². The first-order valence-corrected chi connectivity index (χ1v) is 4.26. The van der Waals surface area contributed by atoms with Crippen molar-refractivity contribution in [3.63, 3.8) is 0 Å². The van der Waals surface area contributed by atoms with Crippen LogP contribution < -0.4 is 4.81 Å². The molecule has 3 heteroatoms. The third-order valence-corrected chi connectivity index (χ3v) is 1.96. The summed E-state index contributed by atoms with van der Waals surface area (Å²) in [5, 5.41) is 0. The van der Waals surface area contributed by atoms with Crippen molar-refractivity contribution in [1.29, 1.82) is 0 Å². The van der Waals surface area contributed by atoms with Gasteiger partial charge in [0.1, 0.15) is 5.82 Å². The van der Waals surface area contributed by atoms with Crippen LogP contribution in [0.2, 0.25) is 0 Å². The molecule has 0 N–H and O–H groups in total. The Morgan fingerprint density at radius 2 is 2.31 bits per heavy atom. The fourth-order valence-corrected chi connectivity index (χ4v) is 1.28. The molecule has 0 bridgehead atoms. The minimum Gasteiger partial charge on any atom is -0.375 e. The summed E-state index contributed by atoms with van der Waals surface area (Å²) < 4.78 is 0. The van der Waals surface area contributed by atoms with Gasteiger partial charge in [-0.05, 0) is 25.1 Å². The molecule has 0 aliphatic carbocycles. The van der Waals surface area contributed by atoms with Crippen molar-refractivity contribution in [2.75, 3.05) is 4.81 Å². The maximum atomic E-state index is 4.27. The molecule has 1 aliphatic heterocycles. The summed E-state index contributed by atoms with van der Waals surface area (Å²) in [6.07, 6.45) is 5.89. The Balaban J connectivity index is 2.28. The Hall–Kier alpha value is -1.51. The van der Waals surface area contributed by atoms with Crippen LogP contribution in [-0.4, -0.2) is 12.4 Å². The predicted molar refractivity (Wildman–Crippen MR) is 55.4 cm³/mol. The SMILES string of the molecule is CC1=CC=C[B]N1c1ccccn1. The van der Waals surface area contributed by atoms with Crippen LogP contribution >= 0.6 is 0 Å². The normalized spacial score (nSPS) is 15.2. The molecule has 0 aromatic carbocycles. The summed E-state index contributed by atoms with van der Waals surface area (Å²) in [7, 11) is 2.01. The van der Waals surface area contributed by atoms with Gasteiger partial charge in [-0.2, -0.15) is 0 Å². The molecule has 0 fully saturated rings. The van der Waals surface area contributed by atoms with E-state index >= 15 is 0 Å². The Labute approximate surface area is 78.9 Å². The molecule has 1 aliphatic rings. The summed E-state index contributed by atoms with van der Waals surface area (Å²) in [5.74, 6) is 2.96. The summed E-state index contributed by atoms with van der Waals surface area (Å²) in [6, 6.07) is 5.90. The van der Waals surface area contributed by atoms with E-state index in [2.05, 4.69) is 22.8 Å². The zero-order valence-electron chi connectivity index (χ0n) is 7.51. The lowest BCUT2D eigenvalue weighted by Crippen LogP contribution is -2.26. The molecule has 0 saturated heterocycles. The predicted octanol–water partition coefficient (Wildman–Crippen LogP) is 1.94. The minimum atomic E-state index is 0.959. The van der Waals surface area contributed by atoms with E-state index in [0.717, 1.165) is 5.82 Å². The van der Waals surface area contributed by atoms with Crippen LogP contribution in [0.1, 0.15) is 6.92 Å². The van der Waals surface area contributed by atoms with Crippen LogP contribution in [0.4, 0.5) is 5.82 Å². The van der Waals surface area contributed by atoms with E-state index in [4.69, 9.17) is 0 Å². The third kappa shape index (κ3) is 1.64. The Morgan fingerprint density at radius 1 is 1.38 bits per heavy atom. The molecular formula is C10H10BN2. The second-order valence-corrected chi connectivity index (χ2v) is 2.90. The highest BCUT2D eigenvalue weighted by atomic mass is 15.1. The zero-order chi connectivity index (χ0) is 9.10. The standard InChI is InChI=1S/C10H10BN2/c1-9-5-4-7-11-13(9)10-6-2-3-8-12-10/h2-8H,1H3. The quantitative estimate of drug-likeness (QED) is 0.597. The minimum absolute atomic E-state index is 0.959. The maximum absolute atomic E-state index is 4.27. The molecule has 13 heavy (non-hydrogen) atoms. The Bertz CT molecular complexity index is 343. The van der Waals surface area contributed by atoms with Gasteiger partial charge in [-0.25, -0.2) is 4.98 Å². The van der Waals surface area contributed by atoms with Gasteiger partial charge in [0.05, 0.1) is 0 Å². The van der Waals surface area contributed by atoms with Gasteiger partial charge >= 0.3 is 0 Å². The smallest absolute Gasteiger partial charge is 0.284 e. The highest BCUT2D eigenvalue weighted by molar-refractivity contribution is 6.48. The number of hydrogen-bond donors (Lipinski definition) is 0. The second kappa shape index (κ2) is 3.48. The monoisotopic (exact) mass is 169 g/mol. The molecule has 63 valence electrons. The van der Waals surface area contributed by atoms with Crippen LogP contribution in [0.15, 0.2) is 48.2 Å². The Morgan fingerprint density at radius 3 is 3.00 bits per heavy atom. The molecule has 0 unspecified atom stereocenters. The fraction of sp³-hybridized carbons (Fsp3) is 0.100. The molecule has 0 amide bonds. The number of hydrogen-bond acceptors (Lipinski definition) is 2. The molecule has 2 nitrogen and oxygen atoms in total. The van der Waals surface area contributed by atoms with Crippen molar-refractivity contribution in [3.05, 3.63) is 48.2 Å². The number of aromatic nitrogens is 1. The van der Waals surface area contributed by atoms with Crippen LogP contribution in [0.25, 0.3) is 0 Å². The Kier molecular flexibility index (Phi) is 2.17. The first kappa shape index (κ1) is 8.11. The molecule has 1 radical (unpaired) electrons. The molecular weight excluding hydrogens is 159 g/mol. The van der Waals surface area contributed by atoms with Gasteiger partial charge in [0, 0.05) is 11.9 Å². The lowest BCUT2D eigenvalue weighted by molar-refractivity contribution is 1.16. The van der Waals surface area contributed by atoms with Crippen LogP contribution in [-0.2, 0) is 0 Å². The number of nitrogens with zero attached hydrogens (tertiary/aromatic N) is 2. The summed E-state index contributed by atoms with van der Waals surface area (Å²) in [6.45, 7) is 2.06. The topological polar surface area (TPSA) is 16.1 Å². The van der Waals surface area contributed by atoms with E-state index in [9.17, 15) is 0 Å². The van der Waals surface area contributed by atoms with Crippen LogP contribution in [0.5, 0.6) is 0 Å². The molecule has 0 spiro atoms. The van der Waals surface area contributed by atoms with Crippen molar-refractivity contribution in [1.82, 2.24) is 4.98 Å². The van der Waals surface area contributed by atoms with E-state index in [0.29, 0.717) is 0 Å². The maximum Gasteiger partial charge on any atom is 0.284 e. The van der Waals surface area contributed by atoms with E-state index < -0.39 is 0 Å². The van der Waals surface area contributed by atoms with Gasteiger partial charge in [-0.3, -0.25) is 0 Å². The zero-order valence-corrected chi connectivity index (χ0v) is 7.51. The molecule has 0 saturated carbocycles. The molecule has 1 aromatic heterocycles. The largest absolute Gasteiger partial charge is 0.375 e. The first-order chi connectivity index (χ1) is 6.38. The number of pyridine rings is 1. The number of rotatable bonds is 1. The average Bonchev–Trinajstić information content (AvgIpc) is 2.20. The van der Waals surface area contributed by atoms with Crippen LogP contribution in [0, 0.1) is 0 Å². The van der Waals surface area contributed by atoms with E-state index in [1.165, 1.54) is 5.70 Å². The first-order valence-electron chi connectivity index (χ1n) is 4.26. The van der Waals surface area contributed by atoms with Crippen LogP contribution in [0.3, 0.4) is 0 Å². The van der Waals surface area contributed by atoms with Gasteiger partial charge in [-0.1, -0.05) is 18.1 Å². The van der Waals surface area contributed by atoms with Gasteiger partial charge in [0.15, 0.2) is 0 Å². The highest BCUT2D eigenvalue weighted by Gasteiger charge is 2.10. The van der Waals surface area contributed by atoms with E-state index in [1.54, 1.807) is 6.20 Å². The second-order valence-electron chi connectivity index (χ2n) is 2.90. The van der Waals surface area contributed by atoms with Crippen molar-refractivity contribution >= 4 is 13.2 Å². The summed E-state index contributed by atoms with van der Waals surface area (Å²) in [4.78, 5) is 6.33. The lowest BCUT2D eigenvalue weighted by Gasteiger charge is -2.24. The number of anilines is 1. The van der Waals surface area contributed by atoms with Gasteiger partial charge in [0.2, 0.25) is 0 Å². The fourth-order valence-electron chi connectivity index (χ4n) is 1.28. The highest BCUT2D eigenvalue weighted by Crippen LogP contribution is 2.16. The lowest BCUT2D eigenvalue weighted by atomic mass is 9.87. The third-order valence-electron chi connectivity index (χ3n) is 1.96. The number of allylic oxidation sites excluding steroid dienone is 3. The van der Waals surface area contributed by atoms with E-state index in [-0.39, 0.29) is 0 Å². The molecule has 1 aromatic rings. The van der Waals surface area contributed by atoms with Crippen molar-refractivity contribution < 1.29 is 0 Å². The molecule has 2 rings (SSSR count).